The number of aromatic nitrogens is 2. The van der Waals surface area contributed by atoms with Gasteiger partial charge in [0.2, 0.25) is 0 Å². The highest BCUT2D eigenvalue weighted by atomic mass is 19.4. The van der Waals surface area contributed by atoms with Gasteiger partial charge in [0, 0.05) is 7.05 Å². The molecule has 1 atom stereocenters. The van der Waals surface area contributed by atoms with E-state index < -0.39 is 53.9 Å². The fourth-order valence-corrected chi connectivity index (χ4v) is 2.00. The van der Waals surface area contributed by atoms with E-state index in [1.54, 1.807) is 0 Å². The standard InChI is InChI=1S/C15H11F8N3O3/c1-26-6-9(10(25-26)11(16)17)28-13(27)24-7-4-2-3-5-8(7)29-15(22,23)12(18)14(19,20)21/h2-6,11-12H,1H3,(H,24,27). The Kier molecular flexibility index (Phi) is 6.23. The summed E-state index contributed by atoms with van der Waals surface area (Å²) >= 11 is 0. The third-order valence-electron chi connectivity index (χ3n) is 3.18. The van der Waals surface area contributed by atoms with Crippen LogP contribution in [0.15, 0.2) is 30.5 Å². The summed E-state index contributed by atoms with van der Waals surface area (Å²) in [5, 5.41) is 5.20. The van der Waals surface area contributed by atoms with Crippen molar-refractivity contribution >= 4 is 11.8 Å². The molecule has 2 rings (SSSR count). The van der Waals surface area contributed by atoms with Crippen molar-refractivity contribution < 1.29 is 49.4 Å². The number of benzene rings is 1. The van der Waals surface area contributed by atoms with Crippen LogP contribution in [0.3, 0.4) is 0 Å². The number of amides is 1. The van der Waals surface area contributed by atoms with E-state index in [0.29, 0.717) is 0 Å². The lowest BCUT2D eigenvalue weighted by molar-refractivity contribution is -0.304. The quantitative estimate of drug-likeness (QED) is 0.663. The van der Waals surface area contributed by atoms with Crippen LogP contribution in [0.4, 0.5) is 45.6 Å². The maximum atomic E-state index is 13.5. The molecule has 0 saturated heterocycles. The van der Waals surface area contributed by atoms with Gasteiger partial charge < -0.3 is 9.47 Å². The zero-order chi connectivity index (χ0) is 22.0. The van der Waals surface area contributed by atoms with Crippen molar-refractivity contribution in [3.05, 3.63) is 36.2 Å². The smallest absolute Gasteiger partial charge is 0.428 e. The van der Waals surface area contributed by atoms with E-state index in [4.69, 9.17) is 0 Å². The molecule has 1 unspecified atom stereocenters. The first-order valence-corrected chi connectivity index (χ1v) is 7.48. The van der Waals surface area contributed by atoms with Crippen molar-refractivity contribution in [2.75, 3.05) is 5.32 Å². The molecule has 160 valence electrons. The van der Waals surface area contributed by atoms with E-state index in [-0.39, 0.29) is 0 Å². The Morgan fingerprint density at radius 1 is 1.10 bits per heavy atom. The summed E-state index contributed by atoms with van der Waals surface area (Å²) in [5.41, 5.74) is -1.52. The van der Waals surface area contributed by atoms with Crippen LogP contribution in [0.25, 0.3) is 0 Å². The van der Waals surface area contributed by atoms with Gasteiger partial charge in [-0.3, -0.25) is 10.00 Å². The molecule has 1 heterocycles. The highest BCUT2D eigenvalue weighted by Gasteiger charge is 2.59. The van der Waals surface area contributed by atoms with E-state index in [2.05, 4.69) is 14.6 Å². The van der Waals surface area contributed by atoms with Crippen molar-refractivity contribution in [3.8, 4) is 11.5 Å². The number of ether oxygens (including phenoxy) is 2. The third-order valence-corrected chi connectivity index (χ3v) is 3.18. The number of hydrogen-bond donors (Lipinski definition) is 1. The first-order chi connectivity index (χ1) is 13.3. The molecule has 0 spiro atoms. The summed E-state index contributed by atoms with van der Waals surface area (Å²) in [6.07, 6.45) is -19.5. The van der Waals surface area contributed by atoms with E-state index in [1.807, 2.05) is 5.32 Å². The van der Waals surface area contributed by atoms with Gasteiger partial charge in [-0.15, -0.1) is 0 Å². The van der Waals surface area contributed by atoms with Crippen LogP contribution in [0.5, 0.6) is 11.5 Å². The molecule has 14 heteroatoms. The Morgan fingerprint density at radius 3 is 2.31 bits per heavy atom. The molecule has 0 aliphatic rings. The lowest BCUT2D eigenvalue weighted by Crippen LogP contribution is -2.45. The van der Waals surface area contributed by atoms with E-state index >= 15 is 0 Å². The Hall–Kier alpha value is -3.06. The predicted molar refractivity (Wildman–Crippen MR) is 80.8 cm³/mol. The first-order valence-electron chi connectivity index (χ1n) is 7.48. The topological polar surface area (TPSA) is 65.4 Å². The molecule has 1 amide bonds. The highest BCUT2D eigenvalue weighted by Crippen LogP contribution is 2.38. The van der Waals surface area contributed by atoms with Gasteiger partial charge in [-0.05, 0) is 12.1 Å². The number of anilines is 1. The number of nitrogens with zero attached hydrogens (tertiary/aromatic N) is 2. The molecule has 1 aromatic heterocycles. The molecule has 1 N–H and O–H groups in total. The normalized spacial score (nSPS) is 13.3. The monoisotopic (exact) mass is 433 g/mol. The van der Waals surface area contributed by atoms with E-state index in [1.165, 1.54) is 13.1 Å². The van der Waals surface area contributed by atoms with Gasteiger partial charge in [-0.25, -0.2) is 18.0 Å². The number of halogens is 8. The number of para-hydroxylation sites is 2. The van der Waals surface area contributed by atoms with Gasteiger partial charge in [0.25, 0.3) is 12.6 Å². The molecule has 0 bridgehead atoms. The summed E-state index contributed by atoms with van der Waals surface area (Å²) in [6.45, 7) is 0. The van der Waals surface area contributed by atoms with Gasteiger partial charge in [0.1, 0.15) is 5.75 Å². The molecule has 0 saturated carbocycles. The highest BCUT2D eigenvalue weighted by molar-refractivity contribution is 5.88. The van der Waals surface area contributed by atoms with Gasteiger partial charge in [0.05, 0.1) is 11.9 Å². The second-order valence-corrected chi connectivity index (χ2v) is 5.43. The molecular formula is C15H11F8N3O3. The molecule has 6 nitrogen and oxygen atoms in total. The van der Waals surface area contributed by atoms with Crippen LogP contribution < -0.4 is 14.8 Å². The number of carbonyl (C=O) groups excluding carboxylic acids is 1. The number of hydrogen-bond acceptors (Lipinski definition) is 4. The predicted octanol–water partition coefficient (Wildman–Crippen LogP) is 4.84. The average molecular weight is 433 g/mol. The minimum Gasteiger partial charge on any atom is -0.428 e. The van der Waals surface area contributed by atoms with Crippen LogP contribution in [0.2, 0.25) is 0 Å². The maximum absolute atomic E-state index is 13.5. The zero-order valence-electron chi connectivity index (χ0n) is 14.2. The maximum Gasteiger partial charge on any atom is 0.439 e. The van der Waals surface area contributed by atoms with Crippen LogP contribution >= 0.6 is 0 Å². The molecular weight excluding hydrogens is 422 g/mol. The Bertz CT molecular complexity index is 869. The molecule has 0 aliphatic heterocycles. The minimum atomic E-state index is -5.91. The van der Waals surface area contributed by atoms with Gasteiger partial charge in [0.15, 0.2) is 11.4 Å². The van der Waals surface area contributed by atoms with E-state index in [0.717, 1.165) is 29.1 Å². The first kappa shape index (κ1) is 22.2. The van der Waals surface area contributed by atoms with Gasteiger partial charge in [-0.1, -0.05) is 12.1 Å². The molecule has 0 fully saturated rings. The summed E-state index contributed by atoms with van der Waals surface area (Å²) in [6, 6.07) is 3.87. The fourth-order valence-electron chi connectivity index (χ4n) is 2.00. The van der Waals surface area contributed by atoms with Crippen LogP contribution in [0, 0.1) is 0 Å². The molecule has 1 aromatic carbocycles. The van der Waals surface area contributed by atoms with Crippen molar-refractivity contribution in [2.45, 2.75) is 24.9 Å². The van der Waals surface area contributed by atoms with Gasteiger partial charge in [-0.2, -0.15) is 27.1 Å². The van der Waals surface area contributed by atoms with Crippen molar-refractivity contribution in [1.29, 1.82) is 0 Å². The Balaban J connectivity index is 2.18. The second-order valence-electron chi connectivity index (χ2n) is 5.43. The fraction of sp³-hybridized carbons (Fsp3) is 0.333. The summed E-state index contributed by atoms with van der Waals surface area (Å²) in [7, 11) is 1.26. The number of aryl methyl sites for hydroxylation is 1. The van der Waals surface area contributed by atoms with Crippen molar-refractivity contribution in [2.24, 2.45) is 7.05 Å². The largest absolute Gasteiger partial charge is 0.439 e. The molecule has 0 aliphatic carbocycles. The number of nitrogens with one attached hydrogen (secondary N) is 1. The molecule has 29 heavy (non-hydrogen) atoms. The lowest BCUT2D eigenvalue weighted by Gasteiger charge is -2.24. The van der Waals surface area contributed by atoms with Crippen molar-refractivity contribution in [1.82, 2.24) is 9.78 Å². The molecule has 0 radical (unpaired) electrons. The summed E-state index contributed by atoms with van der Waals surface area (Å²) in [5.74, 6) is -1.67. The summed E-state index contributed by atoms with van der Waals surface area (Å²) in [4.78, 5) is 11.9. The number of alkyl halides is 8. The van der Waals surface area contributed by atoms with Crippen molar-refractivity contribution in [3.63, 3.8) is 0 Å². The number of rotatable bonds is 6. The second kappa shape index (κ2) is 8.13. The minimum absolute atomic E-state index is 0.631. The van der Waals surface area contributed by atoms with E-state index in [9.17, 15) is 39.9 Å². The molecule has 2 aromatic rings. The number of carbonyl (C=O) groups is 1. The summed E-state index contributed by atoms with van der Waals surface area (Å²) < 4.78 is 111. The van der Waals surface area contributed by atoms with Crippen LogP contribution in [-0.2, 0) is 7.05 Å². The average Bonchev–Trinajstić information content (AvgIpc) is 2.95. The third kappa shape index (κ3) is 5.48. The Morgan fingerprint density at radius 2 is 1.72 bits per heavy atom. The van der Waals surface area contributed by atoms with Gasteiger partial charge >= 0.3 is 18.4 Å². The van der Waals surface area contributed by atoms with Crippen LogP contribution in [0.1, 0.15) is 12.1 Å². The van der Waals surface area contributed by atoms with Crippen LogP contribution in [-0.4, -0.2) is 34.3 Å². The zero-order valence-corrected chi connectivity index (χ0v) is 14.2. The Labute approximate surface area is 157 Å². The lowest BCUT2D eigenvalue weighted by atomic mass is 10.3. The SMILES string of the molecule is Cn1cc(OC(=O)Nc2ccccc2OC(F)(F)C(F)C(F)(F)F)c(C(F)F)n1.